The molecule has 0 aliphatic carbocycles. The zero-order valence-electron chi connectivity index (χ0n) is 10.4. The molecule has 1 aromatic heterocycles. The summed E-state index contributed by atoms with van der Waals surface area (Å²) in [5.41, 5.74) is 3.69. The monoisotopic (exact) mass is 276 g/mol. The second-order valence-corrected chi connectivity index (χ2v) is 5.03. The van der Waals surface area contributed by atoms with Gasteiger partial charge in [0, 0.05) is 10.4 Å². The summed E-state index contributed by atoms with van der Waals surface area (Å²) in [6.45, 7) is 1.72. The number of hydrazone groups is 1. The Kier molecular flexibility index (Phi) is 4.41. The number of nitrogens with zero attached hydrogens (tertiary/aromatic N) is 1. The first-order valence-electron chi connectivity index (χ1n) is 5.76. The Morgan fingerprint density at radius 2 is 2.21 bits per heavy atom. The predicted molar refractivity (Wildman–Crippen MR) is 74.8 cm³/mol. The molecule has 0 saturated heterocycles. The van der Waals surface area contributed by atoms with Gasteiger partial charge in [-0.25, -0.2) is 9.82 Å². The molecular formula is C14H13FN2OS. The largest absolute Gasteiger partial charge is 0.273 e. The summed E-state index contributed by atoms with van der Waals surface area (Å²) in [6, 6.07) is 9.89. The fourth-order valence-corrected chi connectivity index (χ4v) is 2.24. The highest BCUT2D eigenvalue weighted by Gasteiger charge is 2.04. The molecule has 3 nitrogen and oxygen atoms in total. The van der Waals surface area contributed by atoms with E-state index in [2.05, 4.69) is 10.5 Å². The number of carbonyl (C=O) groups excluding carboxylic acids is 1. The molecular weight excluding hydrogens is 263 g/mol. The molecule has 98 valence electrons. The number of nitrogens with one attached hydrogen (secondary N) is 1. The van der Waals surface area contributed by atoms with E-state index >= 15 is 0 Å². The lowest BCUT2D eigenvalue weighted by Crippen LogP contribution is -2.20. The van der Waals surface area contributed by atoms with Crippen LogP contribution >= 0.6 is 11.3 Å². The molecule has 0 fully saturated rings. The number of rotatable bonds is 4. The minimum Gasteiger partial charge on any atom is -0.273 e. The number of benzene rings is 1. The molecule has 1 amide bonds. The van der Waals surface area contributed by atoms with E-state index < -0.39 is 0 Å². The fourth-order valence-electron chi connectivity index (χ4n) is 1.54. The smallest absolute Gasteiger partial charge is 0.245 e. The molecule has 2 aromatic rings. The van der Waals surface area contributed by atoms with Crippen molar-refractivity contribution >= 4 is 23.0 Å². The number of carbonyl (C=O) groups is 1. The lowest BCUT2D eigenvalue weighted by Gasteiger charge is -2.02. The number of hydrogen-bond donors (Lipinski definition) is 1. The minimum atomic E-state index is -0.322. The van der Waals surface area contributed by atoms with Crippen molar-refractivity contribution in [3.63, 3.8) is 0 Å². The quantitative estimate of drug-likeness (QED) is 0.677. The molecule has 1 heterocycles. The van der Waals surface area contributed by atoms with Gasteiger partial charge in [-0.05, 0) is 30.5 Å². The molecule has 0 radical (unpaired) electrons. The second kappa shape index (κ2) is 6.24. The lowest BCUT2D eigenvalue weighted by molar-refractivity contribution is -0.120. The summed E-state index contributed by atoms with van der Waals surface area (Å²) in [5.74, 6) is -0.504. The Morgan fingerprint density at radius 3 is 2.89 bits per heavy atom. The van der Waals surface area contributed by atoms with Gasteiger partial charge in [0.05, 0.1) is 12.1 Å². The average Bonchev–Trinajstić information content (AvgIpc) is 2.88. The van der Waals surface area contributed by atoms with Gasteiger partial charge in [-0.2, -0.15) is 5.10 Å². The molecule has 0 bridgehead atoms. The summed E-state index contributed by atoms with van der Waals surface area (Å²) in [5, 5.41) is 5.89. The maximum absolute atomic E-state index is 13.0. The highest BCUT2D eigenvalue weighted by Crippen LogP contribution is 2.09. The summed E-state index contributed by atoms with van der Waals surface area (Å²) < 4.78 is 13.0. The van der Waals surface area contributed by atoms with E-state index in [1.807, 2.05) is 17.5 Å². The van der Waals surface area contributed by atoms with E-state index in [0.717, 1.165) is 4.88 Å². The third kappa shape index (κ3) is 3.99. The van der Waals surface area contributed by atoms with Gasteiger partial charge in [-0.3, -0.25) is 4.79 Å². The molecule has 2 rings (SSSR count). The second-order valence-electron chi connectivity index (χ2n) is 4.00. The Morgan fingerprint density at radius 1 is 1.37 bits per heavy atom. The van der Waals surface area contributed by atoms with Crippen LogP contribution in [0.2, 0.25) is 0 Å². The number of hydrogen-bond acceptors (Lipinski definition) is 3. The molecule has 5 heteroatoms. The Hall–Kier alpha value is -2.01. The first-order valence-corrected chi connectivity index (χ1v) is 6.64. The standard InChI is InChI=1S/C14H13FN2OS/c1-10(11-4-2-5-12(15)8-11)16-17-14(18)9-13-6-3-7-19-13/h2-8H,9H2,1H3,(H,17,18)/b16-10+. The molecule has 0 saturated carbocycles. The molecule has 1 N–H and O–H groups in total. The molecule has 0 aliphatic heterocycles. The van der Waals surface area contributed by atoms with E-state index in [-0.39, 0.29) is 11.7 Å². The van der Waals surface area contributed by atoms with Crippen molar-refractivity contribution in [3.05, 3.63) is 58.0 Å². The topological polar surface area (TPSA) is 41.5 Å². The molecule has 0 unspecified atom stereocenters. The Balaban J connectivity index is 1.96. The maximum Gasteiger partial charge on any atom is 0.245 e. The predicted octanol–water partition coefficient (Wildman–Crippen LogP) is 2.97. The van der Waals surface area contributed by atoms with Crippen molar-refractivity contribution in [1.82, 2.24) is 5.43 Å². The SMILES string of the molecule is C/C(=N\NC(=O)Cc1cccs1)c1cccc(F)c1. The van der Waals surface area contributed by atoms with Gasteiger partial charge in [0.2, 0.25) is 5.91 Å². The molecule has 0 aliphatic rings. The van der Waals surface area contributed by atoms with Crippen LogP contribution in [0.25, 0.3) is 0 Å². The summed E-state index contributed by atoms with van der Waals surface area (Å²) in [4.78, 5) is 12.6. The fraction of sp³-hybridized carbons (Fsp3) is 0.143. The Bertz CT molecular complexity index is 593. The van der Waals surface area contributed by atoms with Crippen LogP contribution < -0.4 is 5.43 Å². The van der Waals surface area contributed by atoms with Crippen LogP contribution in [-0.4, -0.2) is 11.6 Å². The molecule has 0 spiro atoms. The van der Waals surface area contributed by atoms with Crippen LogP contribution in [0.5, 0.6) is 0 Å². The third-order valence-electron chi connectivity index (χ3n) is 2.51. The third-order valence-corrected chi connectivity index (χ3v) is 3.38. The van der Waals surface area contributed by atoms with Crippen LogP contribution in [0.4, 0.5) is 4.39 Å². The van der Waals surface area contributed by atoms with Gasteiger partial charge in [-0.1, -0.05) is 18.2 Å². The highest BCUT2D eigenvalue weighted by molar-refractivity contribution is 7.10. The van der Waals surface area contributed by atoms with E-state index in [9.17, 15) is 9.18 Å². The van der Waals surface area contributed by atoms with Crippen LogP contribution in [-0.2, 0) is 11.2 Å². The normalized spacial score (nSPS) is 11.4. The van der Waals surface area contributed by atoms with Gasteiger partial charge < -0.3 is 0 Å². The van der Waals surface area contributed by atoms with Gasteiger partial charge >= 0.3 is 0 Å². The highest BCUT2D eigenvalue weighted by atomic mass is 32.1. The van der Waals surface area contributed by atoms with Gasteiger partial charge in [0.1, 0.15) is 5.82 Å². The van der Waals surface area contributed by atoms with Gasteiger partial charge in [0.15, 0.2) is 0 Å². The van der Waals surface area contributed by atoms with Crippen LogP contribution in [0.1, 0.15) is 17.4 Å². The Labute approximate surface area is 114 Å². The van der Waals surface area contributed by atoms with E-state index in [0.29, 0.717) is 17.7 Å². The number of thiophene rings is 1. The van der Waals surface area contributed by atoms with E-state index in [4.69, 9.17) is 0 Å². The minimum absolute atomic E-state index is 0.182. The van der Waals surface area contributed by atoms with Crippen molar-refractivity contribution in [2.45, 2.75) is 13.3 Å². The molecule has 19 heavy (non-hydrogen) atoms. The van der Waals surface area contributed by atoms with Gasteiger partial charge in [0.25, 0.3) is 0 Å². The van der Waals surface area contributed by atoms with Crippen LogP contribution in [0, 0.1) is 5.82 Å². The average molecular weight is 276 g/mol. The molecule has 0 atom stereocenters. The maximum atomic E-state index is 13.0. The van der Waals surface area contributed by atoms with Crippen molar-refractivity contribution in [3.8, 4) is 0 Å². The first kappa shape index (κ1) is 13.4. The number of halogens is 1. The van der Waals surface area contributed by atoms with Crippen molar-refractivity contribution in [2.24, 2.45) is 5.10 Å². The van der Waals surface area contributed by atoms with Gasteiger partial charge in [-0.15, -0.1) is 11.3 Å². The zero-order valence-corrected chi connectivity index (χ0v) is 11.2. The van der Waals surface area contributed by atoms with Crippen molar-refractivity contribution in [1.29, 1.82) is 0 Å². The lowest BCUT2D eigenvalue weighted by atomic mass is 10.1. The first-order chi connectivity index (χ1) is 9.15. The van der Waals surface area contributed by atoms with Crippen LogP contribution in [0.15, 0.2) is 46.9 Å². The zero-order chi connectivity index (χ0) is 13.7. The van der Waals surface area contributed by atoms with E-state index in [1.54, 1.807) is 19.1 Å². The summed E-state index contributed by atoms with van der Waals surface area (Å²) >= 11 is 1.52. The molecule has 1 aromatic carbocycles. The summed E-state index contributed by atoms with van der Waals surface area (Å²) in [7, 11) is 0. The van der Waals surface area contributed by atoms with Crippen LogP contribution in [0.3, 0.4) is 0 Å². The summed E-state index contributed by atoms with van der Waals surface area (Å²) in [6.07, 6.45) is 0.303. The van der Waals surface area contributed by atoms with E-state index in [1.165, 1.54) is 23.5 Å². The van der Waals surface area contributed by atoms with Crippen molar-refractivity contribution in [2.75, 3.05) is 0 Å². The van der Waals surface area contributed by atoms with Crippen molar-refractivity contribution < 1.29 is 9.18 Å². The number of amides is 1.